The second-order valence-corrected chi connectivity index (χ2v) is 8.74. The minimum Gasteiger partial charge on any atom is -0.496 e. The Morgan fingerprint density at radius 2 is 1.59 bits per heavy atom. The van der Waals surface area contributed by atoms with E-state index in [0.717, 1.165) is 14.1 Å². The first-order valence-corrected chi connectivity index (χ1v) is 9.11. The zero-order chi connectivity index (χ0) is 16.5. The van der Waals surface area contributed by atoms with Crippen LogP contribution in [0.15, 0.2) is 31.1 Å². The van der Waals surface area contributed by atoms with Crippen LogP contribution in [-0.2, 0) is 10.0 Å². The molecule has 22 heavy (non-hydrogen) atoms. The average molecular weight is 358 g/mol. The Balaban J connectivity index is 2.61. The lowest BCUT2D eigenvalue weighted by atomic mass is 10.3. The summed E-state index contributed by atoms with van der Waals surface area (Å²) in [5.41, 5.74) is 0. The fourth-order valence-electron chi connectivity index (χ4n) is 1.73. The van der Waals surface area contributed by atoms with E-state index >= 15 is 0 Å². The highest BCUT2D eigenvalue weighted by molar-refractivity contribution is 8.25. The van der Waals surface area contributed by atoms with Crippen LogP contribution in [0.4, 0.5) is 0 Å². The molecule has 0 radical (unpaired) electrons. The van der Waals surface area contributed by atoms with Crippen molar-refractivity contribution in [1.82, 2.24) is 4.31 Å². The van der Waals surface area contributed by atoms with Gasteiger partial charge in [0.2, 0.25) is 0 Å². The number of hydrogen-bond donors (Lipinski definition) is 0. The molecule has 0 aliphatic carbocycles. The summed E-state index contributed by atoms with van der Waals surface area (Å²) in [5.74, 6) is 1.23. The summed E-state index contributed by atoms with van der Waals surface area (Å²) in [6.45, 7) is 0. The lowest BCUT2D eigenvalue weighted by Crippen LogP contribution is -2.23. The van der Waals surface area contributed by atoms with Crippen molar-refractivity contribution in [3.05, 3.63) is 21.3 Å². The number of fused-ring (bicyclic) bond motifs is 1. The van der Waals surface area contributed by atoms with Crippen LogP contribution in [0.5, 0.6) is 11.5 Å². The summed E-state index contributed by atoms with van der Waals surface area (Å²) in [6.07, 6.45) is 0. The van der Waals surface area contributed by atoms with Gasteiger partial charge in [0.25, 0.3) is 10.0 Å². The maximum atomic E-state index is 12.3. The average Bonchev–Trinajstić information content (AvgIpc) is 2.90. The van der Waals surface area contributed by atoms with E-state index in [0.29, 0.717) is 15.7 Å². The molecule has 0 unspecified atom stereocenters. The van der Waals surface area contributed by atoms with E-state index < -0.39 is 10.0 Å². The molecule has 0 atom stereocenters. The van der Waals surface area contributed by atoms with Crippen LogP contribution >= 0.6 is 23.5 Å². The maximum absolute atomic E-state index is 12.3. The van der Waals surface area contributed by atoms with Gasteiger partial charge in [-0.05, 0) is 12.1 Å². The first-order valence-electron chi connectivity index (χ1n) is 6.04. The third-order valence-electron chi connectivity index (χ3n) is 2.89. The van der Waals surface area contributed by atoms with Crippen molar-refractivity contribution in [3.8, 4) is 17.6 Å². The molecule has 9 heteroatoms. The van der Waals surface area contributed by atoms with Gasteiger partial charge in [-0.15, -0.1) is 0 Å². The molecule has 1 aliphatic heterocycles. The van der Waals surface area contributed by atoms with Gasteiger partial charge < -0.3 is 9.47 Å². The van der Waals surface area contributed by atoms with Crippen molar-refractivity contribution in [1.29, 1.82) is 5.26 Å². The summed E-state index contributed by atoms with van der Waals surface area (Å²) < 4.78 is 36.5. The molecule has 0 N–H and O–H groups in total. The number of thioether (sulfide) groups is 2. The highest BCUT2D eigenvalue weighted by Crippen LogP contribution is 2.59. The summed E-state index contributed by atoms with van der Waals surface area (Å²) >= 11 is 2.41. The van der Waals surface area contributed by atoms with Crippen molar-refractivity contribution in [2.75, 3.05) is 28.3 Å². The molecule has 1 aromatic carbocycles. The normalized spacial score (nSPS) is 13.7. The first-order chi connectivity index (χ1) is 10.4. The van der Waals surface area contributed by atoms with Crippen molar-refractivity contribution in [2.45, 2.75) is 9.79 Å². The second-order valence-electron chi connectivity index (χ2n) is 4.35. The van der Waals surface area contributed by atoms with Crippen LogP contribution in [0.1, 0.15) is 0 Å². The number of sulfonamides is 1. The molecule has 6 nitrogen and oxygen atoms in total. The van der Waals surface area contributed by atoms with Gasteiger partial charge in [-0.1, -0.05) is 23.5 Å². The standard InChI is InChI=1S/C13H14N2O4S3/c1-15(2)22(16,17)10(7-14)13-20-11-8(18-3)5-6-9(19-4)12(11)21-13/h5-6H,1-4H3. The Hall–Kier alpha value is -1.34. The third-order valence-corrected chi connectivity index (χ3v) is 7.55. The number of benzene rings is 1. The topological polar surface area (TPSA) is 79.6 Å². The fourth-order valence-corrected chi connectivity index (χ4v) is 5.76. The smallest absolute Gasteiger partial charge is 0.254 e. The number of rotatable bonds is 4. The number of methoxy groups -OCH3 is 2. The summed E-state index contributed by atoms with van der Waals surface area (Å²) in [7, 11) is 2.07. The van der Waals surface area contributed by atoms with Gasteiger partial charge in [0.15, 0.2) is 4.91 Å². The highest BCUT2D eigenvalue weighted by atomic mass is 32.2. The van der Waals surface area contributed by atoms with E-state index in [1.165, 1.54) is 51.8 Å². The van der Waals surface area contributed by atoms with Crippen molar-refractivity contribution < 1.29 is 17.9 Å². The predicted octanol–water partition coefficient (Wildman–Crippen LogP) is 2.49. The Kier molecular flexibility index (Phi) is 4.97. The summed E-state index contributed by atoms with van der Waals surface area (Å²) in [5, 5.41) is 9.30. The molecular weight excluding hydrogens is 344 g/mol. The summed E-state index contributed by atoms with van der Waals surface area (Å²) in [6, 6.07) is 5.30. The molecule has 0 aromatic heterocycles. The molecule has 0 saturated carbocycles. The molecule has 1 aromatic rings. The Bertz CT molecular complexity index is 744. The SMILES string of the molecule is COc1ccc(OC)c2c1SC(=C(C#N)S(=O)(=O)N(C)C)S2. The largest absolute Gasteiger partial charge is 0.496 e. The summed E-state index contributed by atoms with van der Waals surface area (Å²) in [4.78, 5) is 1.24. The maximum Gasteiger partial charge on any atom is 0.254 e. The minimum atomic E-state index is -3.80. The van der Waals surface area contributed by atoms with E-state index in [9.17, 15) is 13.7 Å². The van der Waals surface area contributed by atoms with Gasteiger partial charge in [-0.3, -0.25) is 0 Å². The van der Waals surface area contributed by atoms with Gasteiger partial charge in [-0.25, -0.2) is 12.7 Å². The monoisotopic (exact) mass is 358 g/mol. The highest BCUT2D eigenvalue weighted by Gasteiger charge is 2.33. The van der Waals surface area contributed by atoms with E-state index in [1.807, 2.05) is 0 Å². The van der Waals surface area contributed by atoms with Crippen LogP contribution in [-0.4, -0.2) is 41.0 Å². The first kappa shape index (κ1) is 17.0. The number of nitrogens with zero attached hydrogens (tertiary/aromatic N) is 2. The quantitative estimate of drug-likeness (QED) is 0.765. The van der Waals surface area contributed by atoms with Crippen molar-refractivity contribution >= 4 is 33.5 Å². The molecule has 0 saturated heterocycles. The zero-order valence-corrected chi connectivity index (χ0v) is 14.9. The van der Waals surface area contributed by atoms with Crippen LogP contribution in [0.25, 0.3) is 0 Å². The Labute approximate surface area is 138 Å². The lowest BCUT2D eigenvalue weighted by Gasteiger charge is -2.11. The molecule has 2 rings (SSSR count). The Morgan fingerprint density at radius 3 is 1.91 bits per heavy atom. The van der Waals surface area contributed by atoms with Crippen LogP contribution in [0.2, 0.25) is 0 Å². The molecule has 0 fully saturated rings. The van der Waals surface area contributed by atoms with E-state index in [-0.39, 0.29) is 4.91 Å². The number of nitriles is 1. The number of hydrogen-bond acceptors (Lipinski definition) is 7. The van der Waals surface area contributed by atoms with Crippen LogP contribution in [0, 0.1) is 11.3 Å². The lowest BCUT2D eigenvalue weighted by molar-refractivity contribution is 0.384. The molecular formula is C13H14N2O4S3. The second kappa shape index (κ2) is 6.42. The van der Waals surface area contributed by atoms with Gasteiger partial charge in [0.1, 0.15) is 17.6 Å². The van der Waals surface area contributed by atoms with Gasteiger partial charge in [-0.2, -0.15) is 5.26 Å². The molecule has 0 spiro atoms. The number of ether oxygens (including phenoxy) is 2. The van der Waals surface area contributed by atoms with E-state index in [1.54, 1.807) is 18.2 Å². The predicted molar refractivity (Wildman–Crippen MR) is 86.5 cm³/mol. The molecule has 118 valence electrons. The van der Waals surface area contributed by atoms with Crippen molar-refractivity contribution in [2.24, 2.45) is 0 Å². The van der Waals surface area contributed by atoms with Gasteiger partial charge in [0.05, 0.1) is 28.2 Å². The van der Waals surface area contributed by atoms with Crippen molar-refractivity contribution in [3.63, 3.8) is 0 Å². The zero-order valence-electron chi connectivity index (χ0n) is 12.4. The van der Waals surface area contributed by atoms with E-state index in [2.05, 4.69) is 0 Å². The van der Waals surface area contributed by atoms with Crippen LogP contribution < -0.4 is 9.47 Å². The van der Waals surface area contributed by atoms with E-state index in [4.69, 9.17) is 9.47 Å². The minimum absolute atomic E-state index is 0.271. The number of allylic oxidation sites excluding steroid dienone is 1. The third kappa shape index (κ3) is 2.79. The van der Waals surface area contributed by atoms with Crippen LogP contribution in [0.3, 0.4) is 0 Å². The molecule has 1 aliphatic rings. The Morgan fingerprint density at radius 1 is 1.14 bits per heavy atom. The molecule has 0 amide bonds. The van der Waals surface area contributed by atoms with Gasteiger partial charge >= 0.3 is 0 Å². The van der Waals surface area contributed by atoms with Gasteiger partial charge in [0, 0.05) is 14.1 Å². The molecule has 1 heterocycles. The molecule has 0 bridgehead atoms. The fraction of sp³-hybridized carbons (Fsp3) is 0.308.